The van der Waals surface area contributed by atoms with Gasteiger partial charge in [0.1, 0.15) is 34.9 Å². The minimum Gasteiger partial charge on any atom is -0.487 e. The first kappa shape index (κ1) is 25.7. The number of rotatable bonds is 7. The van der Waals surface area contributed by atoms with Crippen LogP contribution in [0, 0.1) is 25.1 Å². The molecule has 1 saturated heterocycles. The maximum Gasteiger partial charge on any atom is 0.303 e. The molecule has 1 aromatic heterocycles. The molecule has 4 rings (SSSR count). The molecule has 1 unspecified atom stereocenters. The highest BCUT2D eigenvalue weighted by molar-refractivity contribution is 5.92. The summed E-state index contributed by atoms with van der Waals surface area (Å²) in [6.07, 6.45) is 6.31. The van der Waals surface area contributed by atoms with E-state index >= 15 is 4.39 Å². The molecule has 2 atom stereocenters. The lowest BCUT2D eigenvalue weighted by molar-refractivity contribution is -0.170. The van der Waals surface area contributed by atoms with Gasteiger partial charge in [-0.2, -0.15) is 8.78 Å². The second-order valence-electron chi connectivity index (χ2n) is 9.44. The quantitative estimate of drug-likeness (QED) is 0.432. The highest BCUT2D eigenvalue weighted by Gasteiger charge is 2.49. The largest absolute Gasteiger partial charge is 0.487 e. The van der Waals surface area contributed by atoms with Gasteiger partial charge in [-0.05, 0) is 45.9 Å². The normalized spacial score (nSPS) is 17.1. The summed E-state index contributed by atoms with van der Waals surface area (Å²) in [5, 5.41) is 13.6. The van der Waals surface area contributed by atoms with Crippen LogP contribution in [0.25, 0.3) is 10.9 Å². The number of aryl methyl sites for hydroxylation is 1. The van der Waals surface area contributed by atoms with Crippen LogP contribution in [0.1, 0.15) is 55.7 Å². The van der Waals surface area contributed by atoms with Crippen molar-refractivity contribution in [3.63, 3.8) is 0 Å². The van der Waals surface area contributed by atoms with Crippen LogP contribution < -0.4 is 10.1 Å². The number of hydrogen-bond donors (Lipinski definition) is 2. The predicted octanol–water partition coefficient (Wildman–Crippen LogP) is 5.26. The number of fused-ring (bicyclic) bond motifs is 1. The standard InChI is InChI=1S/C27H28F3N3O3/c1-6-17-12-22-20(13-23(17)36-18-10-11-35-14-18)25(33-16(3)32-22)31-15(2)19-8-7-9-21(24(19)28)27(29,30)26(4,5)34/h1,7-9,12-13,15,18,34H,10-11,14H2,2-5H3,(H,31,32,33)/t15-,18?/m1/s1. The van der Waals surface area contributed by atoms with Crippen LogP contribution in [-0.4, -0.2) is 40.0 Å². The van der Waals surface area contributed by atoms with Gasteiger partial charge in [-0.25, -0.2) is 14.4 Å². The van der Waals surface area contributed by atoms with E-state index in [2.05, 4.69) is 21.2 Å². The third-order valence-corrected chi connectivity index (χ3v) is 6.20. The lowest BCUT2D eigenvalue weighted by Gasteiger charge is -2.30. The molecule has 2 aromatic carbocycles. The molecule has 3 aromatic rings. The Labute approximate surface area is 207 Å². The van der Waals surface area contributed by atoms with E-state index in [1.165, 1.54) is 12.1 Å². The van der Waals surface area contributed by atoms with Gasteiger partial charge in [0, 0.05) is 17.4 Å². The Balaban J connectivity index is 1.73. The molecule has 0 saturated carbocycles. The van der Waals surface area contributed by atoms with Crippen molar-refractivity contribution in [1.29, 1.82) is 0 Å². The molecule has 9 heteroatoms. The predicted molar refractivity (Wildman–Crippen MR) is 131 cm³/mol. The summed E-state index contributed by atoms with van der Waals surface area (Å²) >= 11 is 0. The molecule has 190 valence electrons. The van der Waals surface area contributed by atoms with E-state index in [1.54, 1.807) is 26.0 Å². The van der Waals surface area contributed by atoms with Gasteiger partial charge in [-0.1, -0.05) is 18.1 Å². The van der Waals surface area contributed by atoms with Gasteiger partial charge in [0.05, 0.1) is 35.9 Å². The third-order valence-electron chi connectivity index (χ3n) is 6.20. The molecule has 0 aliphatic carbocycles. The molecule has 0 spiro atoms. The molecule has 1 fully saturated rings. The van der Waals surface area contributed by atoms with Crippen LogP contribution >= 0.6 is 0 Å². The fourth-order valence-corrected chi connectivity index (χ4v) is 4.12. The smallest absolute Gasteiger partial charge is 0.303 e. The Morgan fingerprint density at radius 3 is 2.67 bits per heavy atom. The van der Waals surface area contributed by atoms with Gasteiger partial charge in [0.15, 0.2) is 0 Å². The number of aromatic nitrogens is 2. The van der Waals surface area contributed by atoms with Crippen molar-refractivity contribution in [2.45, 2.75) is 57.8 Å². The highest BCUT2D eigenvalue weighted by Crippen LogP contribution is 2.41. The molecular formula is C27H28F3N3O3. The number of aliphatic hydroxyl groups is 1. The van der Waals surface area contributed by atoms with Gasteiger partial charge < -0.3 is 19.9 Å². The lowest BCUT2D eigenvalue weighted by atomic mass is 9.91. The van der Waals surface area contributed by atoms with E-state index < -0.39 is 28.9 Å². The van der Waals surface area contributed by atoms with Crippen molar-refractivity contribution in [2.24, 2.45) is 0 Å². The summed E-state index contributed by atoms with van der Waals surface area (Å²) in [5.41, 5.74) is -2.24. The van der Waals surface area contributed by atoms with Crippen molar-refractivity contribution in [3.05, 3.63) is 58.7 Å². The zero-order valence-electron chi connectivity index (χ0n) is 20.5. The third kappa shape index (κ3) is 4.84. The Morgan fingerprint density at radius 1 is 1.28 bits per heavy atom. The summed E-state index contributed by atoms with van der Waals surface area (Å²) < 4.78 is 56.3. The van der Waals surface area contributed by atoms with Crippen LogP contribution in [0.4, 0.5) is 19.0 Å². The molecule has 6 nitrogen and oxygen atoms in total. The van der Waals surface area contributed by atoms with Crippen molar-refractivity contribution in [2.75, 3.05) is 18.5 Å². The zero-order valence-corrected chi connectivity index (χ0v) is 20.5. The SMILES string of the molecule is C#Cc1cc2nc(C)nc(N[C@H](C)c3cccc(C(F)(F)C(C)(C)O)c3F)c2cc1OC1CCOC1. The fourth-order valence-electron chi connectivity index (χ4n) is 4.12. The van der Waals surface area contributed by atoms with Crippen LogP contribution in [0.3, 0.4) is 0 Å². The number of benzene rings is 2. The molecule has 1 aliphatic heterocycles. The number of halogens is 3. The van der Waals surface area contributed by atoms with Gasteiger partial charge in [0.25, 0.3) is 0 Å². The number of terminal acetylenes is 1. The van der Waals surface area contributed by atoms with Gasteiger partial charge in [-0.3, -0.25) is 0 Å². The van der Waals surface area contributed by atoms with E-state index in [1.807, 2.05) is 0 Å². The number of nitrogens with one attached hydrogen (secondary N) is 1. The zero-order chi connectivity index (χ0) is 26.3. The van der Waals surface area contributed by atoms with Crippen LogP contribution in [0.5, 0.6) is 5.75 Å². The van der Waals surface area contributed by atoms with E-state index in [9.17, 15) is 13.9 Å². The molecule has 0 bridgehead atoms. The summed E-state index contributed by atoms with van der Waals surface area (Å²) in [5.74, 6) is -0.983. The number of alkyl halides is 2. The first-order valence-corrected chi connectivity index (χ1v) is 11.6. The maximum absolute atomic E-state index is 15.3. The van der Waals surface area contributed by atoms with Crippen LogP contribution in [0.15, 0.2) is 30.3 Å². The minimum atomic E-state index is -3.80. The molecule has 36 heavy (non-hydrogen) atoms. The van der Waals surface area contributed by atoms with Crippen LogP contribution in [0.2, 0.25) is 0 Å². The van der Waals surface area contributed by atoms with Crippen molar-refractivity contribution in [1.82, 2.24) is 9.97 Å². The van der Waals surface area contributed by atoms with E-state index in [-0.39, 0.29) is 11.7 Å². The maximum atomic E-state index is 15.3. The van der Waals surface area contributed by atoms with Gasteiger partial charge in [-0.15, -0.1) is 6.42 Å². The van der Waals surface area contributed by atoms with Gasteiger partial charge >= 0.3 is 5.92 Å². The number of ether oxygens (including phenoxy) is 2. The number of hydrogen-bond acceptors (Lipinski definition) is 6. The Morgan fingerprint density at radius 2 is 2.03 bits per heavy atom. The molecular weight excluding hydrogens is 471 g/mol. The fraction of sp³-hybridized carbons (Fsp3) is 0.407. The van der Waals surface area contributed by atoms with Crippen molar-refractivity contribution in [3.8, 4) is 18.1 Å². The average Bonchev–Trinajstić information content (AvgIpc) is 3.31. The summed E-state index contributed by atoms with van der Waals surface area (Å²) in [6, 6.07) is 6.43. The van der Waals surface area contributed by atoms with E-state index in [4.69, 9.17) is 15.9 Å². The molecule has 0 amide bonds. The Bertz CT molecular complexity index is 1330. The molecule has 1 aliphatic rings. The van der Waals surface area contributed by atoms with Gasteiger partial charge in [0.2, 0.25) is 0 Å². The minimum absolute atomic E-state index is 0.000614. The number of nitrogens with zero attached hydrogens (tertiary/aromatic N) is 2. The number of anilines is 1. The summed E-state index contributed by atoms with van der Waals surface area (Å²) in [4.78, 5) is 8.93. The van der Waals surface area contributed by atoms with E-state index in [0.717, 1.165) is 26.3 Å². The molecule has 2 heterocycles. The topological polar surface area (TPSA) is 76.5 Å². The van der Waals surface area contributed by atoms with E-state index in [0.29, 0.717) is 47.1 Å². The molecule has 2 N–H and O–H groups in total. The Hall–Kier alpha value is -3.35. The van der Waals surface area contributed by atoms with Crippen molar-refractivity contribution >= 4 is 16.7 Å². The Kier molecular flexibility index (Phi) is 6.86. The monoisotopic (exact) mass is 499 g/mol. The van der Waals surface area contributed by atoms with Crippen LogP contribution in [-0.2, 0) is 10.7 Å². The van der Waals surface area contributed by atoms with Crippen molar-refractivity contribution < 1.29 is 27.8 Å². The summed E-state index contributed by atoms with van der Waals surface area (Å²) in [6.45, 7) is 6.29. The second-order valence-corrected chi connectivity index (χ2v) is 9.44. The summed E-state index contributed by atoms with van der Waals surface area (Å²) in [7, 11) is 0. The highest BCUT2D eigenvalue weighted by atomic mass is 19.3. The first-order chi connectivity index (χ1) is 16.9. The first-order valence-electron chi connectivity index (χ1n) is 11.6. The lowest BCUT2D eigenvalue weighted by Crippen LogP contribution is -2.41. The molecule has 0 radical (unpaired) electrons. The second kappa shape index (κ2) is 9.60. The average molecular weight is 500 g/mol.